The number of benzene rings is 1. The van der Waals surface area contributed by atoms with Gasteiger partial charge >= 0.3 is 5.97 Å². The average Bonchev–Trinajstić information content (AvgIpc) is 3.17. The molecule has 2 aliphatic rings. The summed E-state index contributed by atoms with van der Waals surface area (Å²) in [5.74, 6) is 0.0383. The minimum atomic E-state index is -1.51. The van der Waals surface area contributed by atoms with Crippen molar-refractivity contribution in [2.24, 2.45) is 11.8 Å². The first kappa shape index (κ1) is 18.2. The van der Waals surface area contributed by atoms with Crippen molar-refractivity contribution in [3.05, 3.63) is 48.0 Å². The summed E-state index contributed by atoms with van der Waals surface area (Å²) in [4.78, 5) is 13.0. The number of aliphatic hydroxyl groups is 1. The van der Waals surface area contributed by atoms with Crippen molar-refractivity contribution in [2.75, 3.05) is 0 Å². The predicted octanol–water partition coefficient (Wildman–Crippen LogP) is 4.74. The Kier molecular flexibility index (Phi) is 5.63. The van der Waals surface area contributed by atoms with Crippen LogP contribution in [0.4, 0.5) is 0 Å². The molecule has 0 radical (unpaired) electrons. The first-order valence-electron chi connectivity index (χ1n) is 9.66. The fraction of sp³-hybridized carbons (Fsp3) is 0.591. The zero-order valence-corrected chi connectivity index (χ0v) is 15.2. The third-order valence-electron chi connectivity index (χ3n) is 6.12. The number of ether oxygens (including phenoxy) is 1. The Morgan fingerprint density at radius 1 is 1.08 bits per heavy atom. The molecule has 136 valence electrons. The van der Waals surface area contributed by atoms with Gasteiger partial charge in [0, 0.05) is 5.92 Å². The number of esters is 1. The summed E-state index contributed by atoms with van der Waals surface area (Å²) >= 11 is 0. The molecule has 0 amide bonds. The average molecular weight is 342 g/mol. The van der Waals surface area contributed by atoms with Gasteiger partial charge in [-0.3, -0.25) is 0 Å². The van der Waals surface area contributed by atoms with E-state index in [0.29, 0.717) is 11.5 Å². The summed E-state index contributed by atoms with van der Waals surface area (Å²) in [6.07, 6.45) is 7.55. The number of carbonyl (C=O) groups excluding carboxylic acids is 1. The van der Waals surface area contributed by atoms with Gasteiger partial charge in [0.25, 0.3) is 0 Å². The fourth-order valence-electron chi connectivity index (χ4n) is 4.47. The topological polar surface area (TPSA) is 46.5 Å². The van der Waals surface area contributed by atoms with Gasteiger partial charge in [-0.2, -0.15) is 0 Å². The first-order chi connectivity index (χ1) is 12.0. The van der Waals surface area contributed by atoms with Crippen LogP contribution in [0.5, 0.6) is 0 Å². The molecule has 1 N–H and O–H groups in total. The lowest BCUT2D eigenvalue weighted by Crippen LogP contribution is -2.45. The largest absolute Gasteiger partial charge is 0.460 e. The molecule has 1 atom stereocenters. The number of hydrogen-bond acceptors (Lipinski definition) is 3. The van der Waals surface area contributed by atoms with E-state index in [4.69, 9.17) is 4.74 Å². The normalized spacial score (nSPS) is 26.8. The van der Waals surface area contributed by atoms with Crippen molar-refractivity contribution < 1.29 is 14.6 Å². The van der Waals surface area contributed by atoms with Gasteiger partial charge in [0.05, 0.1) is 0 Å². The lowest BCUT2D eigenvalue weighted by atomic mass is 9.79. The number of allylic oxidation sites excluding steroid dienone is 1. The molecule has 0 bridgehead atoms. The minimum Gasteiger partial charge on any atom is -0.460 e. The third-order valence-corrected chi connectivity index (χ3v) is 6.12. The summed E-state index contributed by atoms with van der Waals surface area (Å²) in [5.41, 5.74) is 0.377. The fourth-order valence-corrected chi connectivity index (χ4v) is 4.47. The van der Waals surface area contributed by atoms with Gasteiger partial charge in [-0.1, -0.05) is 55.3 Å². The minimum absolute atomic E-state index is 0.0471. The summed E-state index contributed by atoms with van der Waals surface area (Å²) in [7, 11) is 0. The van der Waals surface area contributed by atoms with Crippen LogP contribution in [-0.4, -0.2) is 17.2 Å². The van der Waals surface area contributed by atoms with E-state index >= 15 is 0 Å². The van der Waals surface area contributed by atoms with Crippen LogP contribution in [0.25, 0.3) is 0 Å². The Balaban J connectivity index is 1.73. The van der Waals surface area contributed by atoms with Gasteiger partial charge in [-0.05, 0) is 56.9 Å². The third kappa shape index (κ3) is 3.82. The Labute approximate surface area is 151 Å². The van der Waals surface area contributed by atoms with Crippen molar-refractivity contribution in [3.8, 4) is 0 Å². The van der Waals surface area contributed by atoms with E-state index in [1.54, 1.807) is 0 Å². The van der Waals surface area contributed by atoms with Crippen LogP contribution in [0.2, 0.25) is 0 Å². The second-order valence-electron chi connectivity index (χ2n) is 7.84. The molecule has 0 heterocycles. The van der Waals surface area contributed by atoms with E-state index in [2.05, 4.69) is 13.5 Å². The maximum absolute atomic E-state index is 13.0. The highest BCUT2D eigenvalue weighted by Gasteiger charge is 2.48. The standard InChI is InChI=1S/C22H30O3/c1-16(2)17-12-14-20(15-13-17)25-21(23)22(24,19-10-6-7-11-19)18-8-4-3-5-9-18/h3-5,8-9,17,19-20,24H,1,6-7,10-15H2,2H3/t17?,20?,22-/m0/s1. The maximum Gasteiger partial charge on any atom is 0.343 e. The second-order valence-corrected chi connectivity index (χ2v) is 7.84. The molecule has 3 rings (SSSR count). The Bertz CT molecular complexity index is 595. The van der Waals surface area contributed by atoms with E-state index in [0.717, 1.165) is 51.4 Å². The van der Waals surface area contributed by atoms with E-state index in [9.17, 15) is 9.90 Å². The SMILES string of the molecule is C=C(C)C1CCC(OC(=O)[C@](O)(c2ccccc2)C2CCCC2)CC1. The van der Waals surface area contributed by atoms with Crippen LogP contribution in [-0.2, 0) is 15.1 Å². The Hall–Kier alpha value is -1.61. The molecule has 2 fully saturated rings. The van der Waals surface area contributed by atoms with Crippen LogP contribution in [0.1, 0.15) is 63.9 Å². The summed E-state index contributed by atoms with van der Waals surface area (Å²) in [5, 5.41) is 11.4. The van der Waals surface area contributed by atoms with Crippen molar-refractivity contribution >= 4 is 5.97 Å². The quantitative estimate of drug-likeness (QED) is 0.621. The van der Waals surface area contributed by atoms with Gasteiger partial charge in [-0.15, -0.1) is 0 Å². The summed E-state index contributed by atoms with van der Waals surface area (Å²) in [6.45, 7) is 6.12. The summed E-state index contributed by atoms with van der Waals surface area (Å²) < 4.78 is 5.83. The lowest BCUT2D eigenvalue weighted by molar-refractivity contribution is -0.181. The molecule has 2 aliphatic carbocycles. The monoisotopic (exact) mass is 342 g/mol. The molecule has 25 heavy (non-hydrogen) atoms. The zero-order chi connectivity index (χ0) is 17.9. The predicted molar refractivity (Wildman–Crippen MR) is 98.9 cm³/mol. The molecule has 1 aromatic rings. The molecule has 0 aromatic heterocycles. The maximum atomic E-state index is 13.0. The van der Waals surface area contributed by atoms with Crippen LogP contribution in [0, 0.1) is 11.8 Å². The van der Waals surface area contributed by atoms with Crippen molar-refractivity contribution in [3.63, 3.8) is 0 Å². The molecular formula is C22H30O3. The van der Waals surface area contributed by atoms with Crippen LogP contribution in [0.15, 0.2) is 42.5 Å². The smallest absolute Gasteiger partial charge is 0.343 e. The Morgan fingerprint density at radius 2 is 1.68 bits per heavy atom. The summed E-state index contributed by atoms with van der Waals surface area (Å²) in [6, 6.07) is 9.35. The van der Waals surface area contributed by atoms with Crippen LogP contribution < -0.4 is 0 Å². The van der Waals surface area contributed by atoms with Gasteiger partial charge in [0.2, 0.25) is 0 Å². The highest BCUT2D eigenvalue weighted by molar-refractivity contribution is 5.81. The highest BCUT2D eigenvalue weighted by atomic mass is 16.6. The molecule has 3 nitrogen and oxygen atoms in total. The molecule has 0 saturated heterocycles. The molecule has 0 unspecified atom stereocenters. The van der Waals surface area contributed by atoms with E-state index in [-0.39, 0.29) is 12.0 Å². The van der Waals surface area contributed by atoms with Crippen LogP contribution >= 0.6 is 0 Å². The van der Waals surface area contributed by atoms with E-state index < -0.39 is 11.6 Å². The van der Waals surface area contributed by atoms with Gasteiger partial charge in [0.15, 0.2) is 5.60 Å². The van der Waals surface area contributed by atoms with Gasteiger partial charge in [-0.25, -0.2) is 4.79 Å². The molecule has 0 spiro atoms. The lowest BCUT2D eigenvalue weighted by Gasteiger charge is -2.35. The molecule has 3 heteroatoms. The zero-order valence-electron chi connectivity index (χ0n) is 15.2. The van der Waals surface area contributed by atoms with Crippen molar-refractivity contribution in [2.45, 2.75) is 70.0 Å². The number of carbonyl (C=O) groups is 1. The van der Waals surface area contributed by atoms with Gasteiger partial charge < -0.3 is 9.84 Å². The molecular weight excluding hydrogens is 312 g/mol. The van der Waals surface area contributed by atoms with Crippen LogP contribution in [0.3, 0.4) is 0 Å². The van der Waals surface area contributed by atoms with E-state index in [1.807, 2.05) is 30.3 Å². The number of rotatable bonds is 5. The van der Waals surface area contributed by atoms with Gasteiger partial charge in [0.1, 0.15) is 6.10 Å². The highest BCUT2D eigenvalue weighted by Crippen LogP contribution is 2.42. The Morgan fingerprint density at radius 3 is 2.24 bits per heavy atom. The first-order valence-corrected chi connectivity index (χ1v) is 9.66. The second kappa shape index (κ2) is 7.74. The molecule has 2 saturated carbocycles. The van der Waals surface area contributed by atoms with E-state index in [1.165, 1.54) is 5.57 Å². The van der Waals surface area contributed by atoms with Crippen molar-refractivity contribution in [1.82, 2.24) is 0 Å². The van der Waals surface area contributed by atoms with Crippen molar-refractivity contribution in [1.29, 1.82) is 0 Å². The molecule has 0 aliphatic heterocycles. The molecule has 1 aromatic carbocycles. The number of hydrogen-bond donors (Lipinski definition) is 1.